The van der Waals surface area contributed by atoms with Crippen LogP contribution in [0.25, 0.3) is 0 Å². The second kappa shape index (κ2) is 5.10. The van der Waals surface area contributed by atoms with Crippen LogP contribution in [0.1, 0.15) is 34.1 Å². The molecule has 0 aliphatic carbocycles. The quantitative estimate of drug-likeness (QED) is 0.397. The van der Waals surface area contributed by atoms with Crippen LogP contribution in [0.2, 0.25) is 0 Å². The van der Waals surface area contributed by atoms with Crippen molar-refractivity contribution in [3.05, 3.63) is 0 Å². The molecule has 3 nitrogen and oxygen atoms in total. The number of rotatable bonds is 4. The zero-order valence-electron chi connectivity index (χ0n) is 8.46. The molecule has 74 valence electrons. The van der Waals surface area contributed by atoms with Gasteiger partial charge in [0.2, 0.25) is 0 Å². The van der Waals surface area contributed by atoms with Crippen molar-refractivity contribution >= 4 is 23.3 Å². The number of isothiocyanates is 1. The van der Waals surface area contributed by atoms with Crippen molar-refractivity contribution in [1.82, 2.24) is 0 Å². The number of carbonyl (C=O) groups excluding carboxylic acids is 1. The van der Waals surface area contributed by atoms with Gasteiger partial charge >= 0.3 is 5.97 Å². The third-order valence-electron chi connectivity index (χ3n) is 1.29. The molecule has 0 heterocycles. The van der Waals surface area contributed by atoms with Crippen LogP contribution in [0.15, 0.2) is 4.99 Å². The molecule has 13 heavy (non-hydrogen) atoms. The number of thiocarbonyl (C=S) groups is 1. The summed E-state index contributed by atoms with van der Waals surface area (Å²) in [7, 11) is 0. The Labute approximate surface area is 84.2 Å². The number of nitrogens with zero attached hydrogens (tertiary/aromatic N) is 1. The molecule has 0 radical (unpaired) electrons. The minimum atomic E-state index is -0.506. The van der Waals surface area contributed by atoms with Crippen LogP contribution < -0.4 is 0 Å². The predicted molar refractivity (Wildman–Crippen MR) is 55.0 cm³/mol. The van der Waals surface area contributed by atoms with E-state index in [1.807, 2.05) is 27.7 Å². The summed E-state index contributed by atoms with van der Waals surface area (Å²) in [6.07, 6.45) is 0.147. The van der Waals surface area contributed by atoms with E-state index in [0.717, 1.165) is 0 Å². The second-order valence-corrected chi connectivity index (χ2v) is 3.91. The molecular weight excluding hydrogens is 186 g/mol. The Morgan fingerprint density at radius 1 is 1.62 bits per heavy atom. The highest BCUT2D eigenvalue weighted by Crippen LogP contribution is 2.14. The molecule has 0 rings (SSSR count). The maximum atomic E-state index is 11.2. The van der Waals surface area contributed by atoms with Gasteiger partial charge in [0.05, 0.1) is 23.2 Å². The highest BCUT2D eigenvalue weighted by Gasteiger charge is 2.22. The maximum Gasteiger partial charge on any atom is 0.308 e. The first-order valence-electron chi connectivity index (χ1n) is 4.16. The van der Waals surface area contributed by atoms with Crippen LogP contribution in [0.3, 0.4) is 0 Å². The zero-order valence-corrected chi connectivity index (χ0v) is 9.27. The van der Waals surface area contributed by atoms with E-state index in [4.69, 9.17) is 4.74 Å². The Balaban J connectivity index is 4.11. The monoisotopic (exact) mass is 201 g/mol. The molecule has 0 amide bonds. The van der Waals surface area contributed by atoms with Crippen LogP contribution in [0.4, 0.5) is 0 Å². The van der Waals surface area contributed by atoms with Crippen molar-refractivity contribution in [2.45, 2.75) is 45.8 Å². The highest BCUT2D eigenvalue weighted by atomic mass is 32.1. The fourth-order valence-corrected chi connectivity index (χ4v) is 1.07. The third kappa shape index (κ3) is 6.43. The molecule has 0 saturated carbocycles. The SMILES string of the molecule is CC(C)OC(=O)CC(C)(C)N=C=S. The van der Waals surface area contributed by atoms with E-state index < -0.39 is 5.54 Å². The van der Waals surface area contributed by atoms with Crippen LogP contribution in [-0.4, -0.2) is 22.8 Å². The third-order valence-corrected chi connectivity index (χ3v) is 1.38. The van der Waals surface area contributed by atoms with E-state index in [1.54, 1.807) is 0 Å². The van der Waals surface area contributed by atoms with Crippen molar-refractivity contribution in [1.29, 1.82) is 0 Å². The Bertz CT molecular complexity index is 230. The molecule has 0 unspecified atom stereocenters. The molecule has 0 aliphatic rings. The van der Waals surface area contributed by atoms with E-state index in [0.29, 0.717) is 0 Å². The summed E-state index contributed by atoms with van der Waals surface area (Å²) in [6, 6.07) is 0. The molecule has 0 saturated heterocycles. The van der Waals surface area contributed by atoms with Crippen molar-refractivity contribution in [2.24, 2.45) is 4.99 Å². The topological polar surface area (TPSA) is 38.7 Å². The number of carbonyl (C=O) groups is 1. The molecule has 0 spiro atoms. The fourth-order valence-electron chi connectivity index (χ4n) is 0.821. The van der Waals surface area contributed by atoms with E-state index >= 15 is 0 Å². The first kappa shape index (κ1) is 12.3. The Kier molecular flexibility index (Phi) is 4.81. The molecule has 0 aromatic carbocycles. The van der Waals surface area contributed by atoms with E-state index in [9.17, 15) is 4.79 Å². The van der Waals surface area contributed by atoms with Gasteiger partial charge in [0.25, 0.3) is 0 Å². The van der Waals surface area contributed by atoms with Gasteiger partial charge < -0.3 is 4.74 Å². The molecule has 4 heteroatoms. The lowest BCUT2D eigenvalue weighted by atomic mass is 10.0. The molecule has 0 aromatic rings. The van der Waals surface area contributed by atoms with Crippen molar-refractivity contribution in [3.63, 3.8) is 0 Å². The summed E-state index contributed by atoms with van der Waals surface area (Å²) < 4.78 is 4.97. The minimum Gasteiger partial charge on any atom is -0.463 e. The van der Waals surface area contributed by atoms with Gasteiger partial charge in [0, 0.05) is 0 Å². The highest BCUT2D eigenvalue weighted by molar-refractivity contribution is 7.78. The van der Waals surface area contributed by atoms with Gasteiger partial charge in [-0.25, -0.2) is 4.99 Å². The lowest BCUT2D eigenvalue weighted by molar-refractivity contribution is -0.148. The van der Waals surface area contributed by atoms with Gasteiger partial charge in [0.1, 0.15) is 0 Å². The van der Waals surface area contributed by atoms with E-state index in [2.05, 4.69) is 22.4 Å². The summed E-state index contributed by atoms with van der Waals surface area (Å²) in [4.78, 5) is 15.1. The van der Waals surface area contributed by atoms with Gasteiger partial charge in [-0.05, 0) is 39.9 Å². The molecular formula is C9H15NO2S. The van der Waals surface area contributed by atoms with Gasteiger partial charge in [-0.1, -0.05) is 0 Å². The summed E-state index contributed by atoms with van der Waals surface area (Å²) >= 11 is 4.47. The van der Waals surface area contributed by atoms with Gasteiger partial charge in [0.15, 0.2) is 0 Å². The smallest absolute Gasteiger partial charge is 0.308 e. The molecule has 0 aliphatic heterocycles. The lowest BCUT2D eigenvalue weighted by Gasteiger charge is -2.17. The van der Waals surface area contributed by atoms with Gasteiger partial charge in [-0.2, -0.15) is 0 Å². The summed E-state index contributed by atoms with van der Waals surface area (Å²) in [5.41, 5.74) is -0.506. The number of hydrogen-bond acceptors (Lipinski definition) is 4. The molecule has 0 atom stereocenters. The number of esters is 1. The Hall–Kier alpha value is -0.730. The van der Waals surface area contributed by atoms with E-state index in [1.165, 1.54) is 0 Å². The van der Waals surface area contributed by atoms with Crippen molar-refractivity contribution in [3.8, 4) is 0 Å². The zero-order chi connectivity index (χ0) is 10.5. The fraction of sp³-hybridized carbons (Fsp3) is 0.778. The van der Waals surface area contributed by atoms with Gasteiger partial charge in [-0.3, -0.25) is 4.79 Å². The average Bonchev–Trinajstić information content (AvgIpc) is 1.81. The number of ether oxygens (including phenoxy) is 1. The van der Waals surface area contributed by atoms with Crippen molar-refractivity contribution < 1.29 is 9.53 Å². The lowest BCUT2D eigenvalue weighted by Crippen LogP contribution is -2.24. The van der Waals surface area contributed by atoms with Crippen LogP contribution in [0, 0.1) is 0 Å². The summed E-state index contributed by atoms with van der Waals surface area (Å²) in [6.45, 7) is 7.25. The molecule has 0 N–H and O–H groups in total. The number of aliphatic imine (C=N–C) groups is 1. The average molecular weight is 201 g/mol. The Morgan fingerprint density at radius 2 is 2.15 bits per heavy atom. The van der Waals surface area contributed by atoms with Crippen molar-refractivity contribution in [2.75, 3.05) is 0 Å². The van der Waals surface area contributed by atoms with Crippen LogP contribution in [-0.2, 0) is 9.53 Å². The van der Waals surface area contributed by atoms with Gasteiger partial charge in [-0.15, -0.1) is 0 Å². The number of hydrogen-bond donors (Lipinski definition) is 0. The first-order chi connectivity index (χ1) is 5.87. The molecule has 0 fully saturated rings. The first-order valence-corrected chi connectivity index (χ1v) is 4.57. The second-order valence-electron chi connectivity index (χ2n) is 3.73. The molecule has 0 bridgehead atoms. The standard InChI is InChI=1S/C9H15NO2S/c1-7(2)12-8(11)5-9(3,4)10-6-13/h7H,5H2,1-4H3. The Morgan fingerprint density at radius 3 is 2.54 bits per heavy atom. The minimum absolute atomic E-state index is 0.0836. The maximum absolute atomic E-state index is 11.2. The summed E-state index contributed by atoms with van der Waals surface area (Å²) in [5.74, 6) is -0.256. The predicted octanol–water partition coefficient (Wildman–Crippen LogP) is 2.21. The normalized spacial score (nSPS) is 10.8. The molecule has 0 aromatic heterocycles. The summed E-state index contributed by atoms with van der Waals surface area (Å²) in [5, 5.41) is 2.27. The van der Waals surface area contributed by atoms with E-state index in [-0.39, 0.29) is 18.5 Å². The largest absolute Gasteiger partial charge is 0.463 e. The van der Waals surface area contributed by atoms with Crippen LogP contribution in [0.5, 0.6) is 0 Å². The van der Waals surface area contributed by atoms with Crippen LogP contribution >= 0.6 is 12.2 Å².